The van der Waals surface area contributed by atoms with E-state index in [-0.39, 0.29) is 5.56 Å². The minimum atomic E-state index is 0.0643. The van der Waals surface area contributed by atoms with Crippen LogP contribution in [0.15, 0.2) is 53.3 Å². The molecule has 118 valence electrons. The summed E-state index contributed by atoms with van der Waals surface area (Å²) in [5.74, 6) is 0.763. The van der Waals surface area contributed by atoms with Crippen LogP contribution in [0.1, 0.15) is 5.56 Å². The first-order valence-electron chi connectivity index (χ1n) is 8.08. The number of nitrogens with zero attached hydrogens (tertiary/aromatic N) is 1. The molecule has 1 aliphatic rings. The maximum absolute atomic E-state index is 12.9. The van der Waals surface area contributed by atoms with Crippen molar-refractivity contribution in [3.63, 3.8) is 0 Å². The molecule has 0 radical (unpaired) electrons. The van der Waals surface area contributed by atoms with Crippen LogP contribution >= 0.6 is 0 Å². The monoisotopic (exact) mass is 316 g/mol. The van der Waals surface area contributed by atoms with E-state index in [0.717, 1.165) is 39.8 Å². The van der Waals surface area contributed by atoms with Crippen LogP contribution < -0.4 is 10.3 Å². The van der Waals surface area contributed by atoms with Gasteiger partial charge in [0.2, 0.25) is 0 Å². The first-order valence-corrected chi connectivity index (χ1v) is 8.08. The minimum Gasteiger partial charge on any atom is -0.497 e. The van der Waals surface area contributed by atoms with Gasteiger partial charge in [0, 0.05) is 22.8 Å². The highest BCUT2D eigenvalue weighted by molar-refractivity contribution is 5.93. The molecule has 0 saturated carbocycles. The lowest BCUT2D eigenvalue weighted by Gasteiger charge is -2.20. The van der Waals surface area contributed by atoms with E-state index in [4.69, 9.17) is 4.74 Å². The van der Waals surface area contributed by atoms with Gasteiger partial charge in [-0.3, -0.25) is 4.79 Å². The Kier molecular flexibility index (Phi) is 2.65. The van der Waals surface area contributed by atoms with E-state index in [0.29, 0.717) is 6.54 Å². The average Bonchev–Trinajstić information content (AvgIpc) is 3.00. The van der Waals surface area contributed by atoms with Gasteiger partial charge < -0.3 is 14.3 Å². The third-order valence-electron chi connectivity index (χ3n) is 4.97. The zero-order chi connectivity index (χ0) is 16.3. The summed E-state index contributed by atoms with van der Waals surface area (Å²) in [7, 11) is 1.64. The molecule has 0 atom stereocenters. The number of para-hydroxylation sites is 1. The van der Waals surface area contributed by atoms with Crippen molar-refractivity contribution in [1.82, 2.24) is 9.55 Å². The van der Waals surface area contributed by atoms with Crippen molar-refractivity contribution < 1.29 is 4.74 Å². The summed E-state index contributed by atoms with van der Waals surface area (Å²) in [5.41, 5.74) is 4.50. The topological polar surface area (TPSA) is 47.0 Å². The number of fused-ring (bicyclic) bond motifs is 6. The SMILES string of the molecule is COc1ccc2c(=O)n3c(cc2c1)-c1[nH]c2ccccc2c1CC3. The lowest BCUT2D eigenvalue weighted by molar-refractivity contribution is 0.415. The van der Waals surface area contributed by atoms with Gasteiger partial charge in [-0.25, -0.2) is 0 Å². The minimum absolute atomic E-state index is 0.0643. The number of nitrogens with one attached hydrogen (secondary N) is 1. The predicted octanol–water partition coefficient (Wildman–Crippen LogP) is 3.71. The van der Waals surface area contributed by atoms with E-state index < -0.39 is 0 Å². The maximum atomic E-state index is 12.9. The molecular formula is C20H16N2O2. The Morgan fingerprint density at radius 1 is 1.08 bits per heavy atom. The Morgan fingerprint density at radius 2 is 1.96 bits per heavy atom. The van der Waals surface area contributed by atoms with Gasteiger partial charge in [0.25, 0.3) is 5.56 Å². The number of ether oxygens (including phenoxy) is 1. The smallest absolute Gasteiger partial charge is 0.258 e. The Morgan fingerprint density at radius 3 is 2.83 bits per heavy atom. The maximum Gasteiger partial charge on any atom is 0.258 e. The van der Waals surface area contributed by atoms with Crippen molar-refractivity contribution in [2.24, 2.45) is 0 Å². The zero-order valence-electron chi connectivity index (χ0n) is 13.3. The number of aromatic amines is 1. The van der Waals surface area contributed by atoms with Crippen molar-refractivity contribution in [3.8, 4) is 17.1 Å². The van der Waals surface area contributed by atoms with Gasteiger partial charge >= 0.3 is 0 Å². The molecule has 5 rings (SSSR count). The largest absolute Gasteiger partial charge is 0.497 e. The number of benzene rings is 2. The summed E-state index contributed by atoms with van der Waals surface area (Å²) >= 11 is 0. The molecule has 4 nitrogen and oxygen atoms in total. The Labute approximate surface area is 138 Å². The molecule has 4 aromatic rings. The second-order valence-corrected chi connectivity index (χ2v) is 6.21. The van der Waals surface area contributed by atoms with Crippen molar-refractivity contribution in [1.29, 1.82) is 0 Å². The lowest BCUT2D eigenvalue weighted by Crippen LogP contribution is -2.26. The highest BCUT2D eigenvalue weighted by Gasteiger charge is 2.22. The molecule has 0 amide bonds. The molecule has 0 unspecified atom stereocenters. The van der Waals surface area contributed by atoms with Gasteiger partial charge in [-0.2, -0.15) is 0 Å². The second kappa shape index (κ2) is 4.74. The zero-order valence-corrected chi connectivity index (χ0v) is 13.3. The van der Waals surface area contributed by atoms with Gasteiger partial charge in [-0.15, -0.1) is 0 Å². The first kappa shape index (κ1) is 13.4. The van der Waals surface area contributed by atoms with Gasteiger partial charge in [-0.1, -0.05) is 18.2 Å². The summed E-state index contributed by atoms with van der Waals surface area (Å²) in [6.07, 6.45) is 0.869. The third-order valence-corrected chi connectivity index (χ3v) is 4.97. The fourth-order valence-electron chi connectivity index (χ4n) is 3.79. The highest BCUT2D eigenvalue weighted by atomic mass is 16.5. The summed E-state index contributed by atoms with van der Waals surface area (Å²) in [4.78, 5) is 16.4. The third kappa shape index (κ3) is 1.71. The highest BCUT2D eigenvalue weighted by Crippen LogP contribution is 2.35. The number of aromatic nitrogens is 2. The van der Waals surface area contributed by atoms with Crippen LogP contribution in [0.25, 0.3) is 33.1 Å². The number of H-pyrrole nitrogens is 1. The number of rotatable bonds is 1. The van der Waals surface area contributed by atoms with Gasteiger partial charge in [0.05, 0.1) is 18.5 Å². The van der Waals surface area contributed by atoms with E-state index in [9.17, 15) is 4.79 Å². The fourth-order valence-corrected chi connectivity index (χ4v) is 3.79. The molecule has 1 aliphatic heterocycles. The molecular weight excluding hydrogens is 300 g/mol. The second-order valence-electron chi connectivity index (χ2n) is 6.21. The van der Waals surface area contributed by atoms with Crippen LogP contribution in [-0.4, -0.2) is 16.7 Å². The van der Waals surface area contributed by atoms with E-state index in [2.05, 4.69) is 29.2 Å². The van der Waals surface area contributed by atoms with E-state index in [1.165, 1.54) is 10.9 Å². The summed E-state index contributed by atoms with van der Waals surface area (Å²) in [5, 5.41) is 2.90. The Hall–Kier alpha value is -3.01. The molecule has 4 heteroatoms. The molecule has 2 aromatic carbocycles. The predicted molar refractivity (Wildman–Crippen MR) is 95.8 cm³/mol. The van der Waals surface area contributed by atoms with Crippen LogP contribution in [0.2, 0.25) is 0 Å². The standard InChI is InChI=1S/C20H16N2O2/c1-24-13-6-7-14-12(10-13)11-18-19-16(8-9-22(18)20(14)23)15-4-2-3-5-17(15)21-19/h2-7,10-11,21H,8-9H2,1H3. The molecule has 3 heterocycles. The molecule has 0 bridgehead atoms. The van der Waals surface area contributed by atoms with Crippen LogP contribution in [0, 0.1) is 0 Å². The molecule has 0 aliphatic carbocycles. The van der Waals surface area contributed by atoms with Crippen LogP contribution in [-0.2, 0) is 13.0 Å². The summed E-state index contributed by atoms with van der Waals surface area (Å²) in [6.45, 7) is 0.713. The molecule has 1 N–H and O–H groups in total. The number of aryl methyl sites for hydroxylation is 1. The first-order chi connectivity index (χ1) is 11.8. The number of methoxy groups -OCH3 is 1. The Bertz CT molecular complexity index is 1170. The molecule has 0 spiro atoms. The molecule has 2 aromatic heterocycles. The van der Waals surface area contributed by atoms with E-state index in [1.54, 1.807) is 7.11 Å². The Balaban J connectivity index is 1.87. The average molecular weight is 316 g/mol. The number of hydrogen-bond donors (Lipinski definition) is 1. The number of pyridine rings is 1. The van der Waals surface area contributed by atoms with Crippen LogP contribution in [0.5, 0.6) is 5.75 Å². The van der Waals surface area contributed by atoms with Crippen LogP contribution in [0.4, 0.5) is 0 Å². The van der Waals surface area contributed by atoms with Crippen molar-refractivity contribution in [2.45, 2.75) is 13.0 Å². The van der Waals surface area contributed by atoms with E-state index >= 15 is 0 Å². The molecule has 0 saturated heterocycles. The van der Waals surface area contributed by atoms with E-state index in [1.807, 2.05) is 28.8 Å². The normalized spacial score (nSPS) is 13.0. The van der Waals surface area contributed by atoms with Crippen molar-refractivity contribution >= 4 is 21.7 Å². The quantitative estimate of drug-likeness (QED) is 0.582. The van der Waals surface area contributed by atoms with Crippen LogP contribution in [0.3, 0.4) is 0 Å². The van der Waals surface area contributed by atoms with Crippen molar-refractivity contribution in [3.05, 3.63) is 64.4 Å². The summed E-state index contributed by atoms with van der Waals surface area (Å²) < 4.78 is 7.19. The van der Waals surface area contributed by atoms with Gasteiger partial charge in [0.15, 0.2) is 0 Å². The molecule has 24 heavy (non-hydrogen) atoms. The fraction of sp³-hybridized carbons (Fsp3) is 0.150. The lowest BCUT2D eigenvalue weighted by atomic mass is 10.00. The summed E-state index contributed by atoms with van der Waals surface area (Å²) in [6, 6.07) is 16.0. The molecule has 0 fully saturated rings. The van der Waals surface area contributed by atoms with Gasteiger partial charge in [-0.05, 0) is 47.7 Å². The van der Waals surface area contributed by atoms with Crippen molar-refractivity contribution in [2.75, 3.05) is 7.11 Å². The van der Waals surface area contributed by atoms with Gasteiger partial charge in [0.1, 0.15) is 5.75 Å². The number of hydrogen-bond acceptors (Lipinski definition) is 2.